The molecule has 0 aliphatic carbocycles. The normalized spacial score (nSPS) is 12.6. The van der Waals surface area contributed by atoms with Gasteiger partial charge in [0.05, 0.1) is 5.52 Å². The number of aromatic nitrogens is 3. The Hall–Kier alpha value is -3.15. The van der Waals surface area contributed by atoms with E-state index in [1.807, 2.05) is 48.0 Å². The maximum absolute atomic E-state index is 11.2. The van der Waals surface area contributed by atoms with Crippen LogP contribution in [0, 0.1) is 0 Å². The molecule has 23 heavy (non-hydrogen) atoms. The van der Waals surface area contributed by atoms with Gasteiger partial charge in [0.1, 0.15) is 17.3 Å². The summed E-state index contributed by atoms with van der Waals surface area (Å²) in [4.78, 5) is 11.2. The van der Waals surface area contributed by atoms with Gasteiger partial charge in [-0.3, -0.25) is 0 Å². The largest absolute Gasteiger partial charge is 0.423 e. The highest BCUT2D eigenvalue weighted by atomic mass is 16.4. The second-order valence-corrected chi connectivity index (χ2v) is 5.35. The first-order valence-electron chi connectivity index (χ1n) is 7.31. The molecule has 1 atom stereocenters. The highest BCUT2D eigenvalue weighted by molar-refractivity contribution is 5.80. The lowest BCUT2D eigenvalue weighted by atomic mass is 10.2. The summed E-state index contributed by atoms with van der Waals surface area (Å²) in [5.41, 5.74) is 2.97. The highest BCUT2D eigenvalue weighted by Crippen LogP contribution is 2.21. The molecule has 2 aromatic heterocycles. The van der Waals surface area contributed by atoms with Gasteiger partial charge in [0.15, 0.2) is 0 Å². The summed E-state index contributed by atoms with van der Waals surface area (Å²) in [7, 11) is 0. The van der Waals surface area contributed by atoms with Crippen LogP contribution in [-0.4, -0.2) is 15.0 Å². The van der Waals surface area contributed by atoms with Crippen molar-refractivity contribution in [2.24, 2.45) is 0 Å². The molecule has 2 heterocycles. The van der Waals surface area contributed by atoms with Crippen LogP contribution in [0.2, 0.25) is 0 Å². The number of nitrogens with zero attached hydrogens (tertiary/aromatic N) is 3. The van der Waals surface area contributed by atoms with Gasteiger partial charge in [0.2, 0.25) is 0 Å². The van der Waals surface area contributed by atoms with E-state index in [0.717, 1.165) is 22.1 Å². The fourth-order valence-electron chi connectivity index (χ4n) is 2.64. The Morgan fingerprint density at radius 3 is 2.91 bits per heavy atom. The molecular formula is C17H14N4O2. The Kier molecular flexibility index (Phi) is 3.08. The Bertz CT molecular complexity index is 1050. The second-order valence-electron chi connectivity index (χ2n) is 5.35. The predicted molar refractivity (Wildman–Crippen MR) is 88.3 cm³/mol. The number of nitrogens with one attached hydrogen (secondary N) is 1. The van der Waals surface area contributed by atoms with Crippen LogP contribution in [-0.2, 0) is 0 Å². The topological polar surface area (TPSA) is 73.0 Å². The summed E-state index contributed by atoms with van der Waals surface area (Å²) < 4.78 is 6.98. The standard InChI is InChI=1S/C17H14N4O2/c1-11(21-15-5-3-2-4-14(15)19-20-21)18-13-7-8-16-12(10-13)6-9-17(22)23-16/h2-11,18H,1H3. The summed E-state index contributed by atoms with van der Waals surface area (Å²) in [6, 6.07) is 16.6. The van der Waals surface area contributed by atoms with Crippen LogP contribution in [0.4, 0.5) is 5.69 Å². The third kappa shape index (κ3) is 2.44. The van der Waals surface area contributed by atoms with Gasteiger partial charge in [-0.25, -0.2) is 9.48 Å². The van der Waals surface area contributed by atoms with Crippen molar-refractivity contribution >= 4 is 27.7 Å². The highest BCUT2D eigenvalue weighted by Gasteiger charge is 2.10. The molecule has 4 aromatic rings. The number of hydrogen-bond acceptors (Lipinski definition) is 5. The fourth-order valence-corrected chi connectivity index (χ4v) is 2.64. The third-order valence-corrected chi connectivity index (χ3v) is 3.74. The molecule has 114 valence electrons. The van der Waals surface area contributed by atoms with Gasteiger partial charge in [0.25, 0.3) is 0 Å². The van der Waals surface area contributed by atoms with E-state index in [1.165, 1.54) is 6.07 Å². The summed E-state index contributed by atoms with van der Waals surface area (Å²) in [5, 5.41) is 12.6. The Labute approximate surface area is 131 Å². The number of fused-ring (bicyclic) bond motifs is 2. The molecule has 1 unspecified atom stereocenters. The summed E-state index contributed by atoms with van der Waals surface area (Å²) in [6.45, 7) is 2.01. The lowest BCUT2D eigenvalue weighted by Gasteiger charge is -2.16. The van der Waals surface area contributed by atoms with Crippen molar-refractivity contribution < 1.29 is 4.42 Å². The summed E-state index contributed by atoms with van der Waals surface area (Å²) >= 11 is 0. The summed E-state index contributed by atoms with van der Waals surface area (Å²) in [5.74, 6) is 0. The molecule has 0 aliphatic rings. The van der Waals surface area contributed by atoms with Crippen LogP contribution >= 0.6 is 0 Å². The number of hydrogen-bond donors (Lipinski definition) is 1. The smallest absolute Gasteiger partial charge is 0.336 e. The lowest BCUT2D eigenvalue weighted by molar-refractivity contribution is 0.541. The zero-order valence-corrected chi connectivity index (χ0v) is 12.4. The molecule has 4 rings (SSSR count). The molecule has 6 heteroatoms. The van der Waals surface area contributed by atoms with E-state index in [9.17, 15) is 4.79 Å². The van der Waals surface area contributed by atoms with Gasteiger partial charge in [-0.2, -0.15) is 0 Å². The minimum absolute atomic E-state index is 0.0735. The van der Waals surface area contributed by atoms with Gasteiger partial charge < -0.3 is 9.73 Å². The molecule has 0 fully saturated rings. The van der Waals surface area contributed by atoms with E-state index < -0.39 is 0 Å². The average molecular weight is 306 g/mol. The average Bonchev–Trinajstić information content (AvgIpc) is 2.99. The zero-order valence-electron chi connectivity index (χ0n) is 12.4. The molecule has 0 saturated carbocycles. The van der Waals surface area contributed by atoms with Crippen molar-refractivity contribution in [1.29, 1.82) is 0 Å². The molecule has 0 amide bonds. The number of para-hydroxylation sites is 1. The van der Waals surface area contributed by atoms with Crippen molar-refractivity contribution in [2.75, 3.05) is 5.32 Å². The Balaban J connectivity index is 1.67. The third-order valence-electron chi connectivity index (χ3n) is 3.74. The maximum Gasteiger partial charge on any atom is 0.336 e. The first-order valence-corrected chi connectivity index (χ1v) is 7.31. The van der Waals surface area contributed by atoms with E-state index in [1.54, 1.807) is 12.1 Å². The maximum atomic E-state index is 11.2. The zero-order chi connectivity index (χ0) is 15.8. The number of rotatable bonds is 3. The molecule has 6 nitrogen and oxygen atoms in total. The van der Waals surface area contributed by atoms with Crippen LogP contribution in [0.1, 0.15) is 13.1 Å². The second kappa shape index (κ2) is 5.24. The summed E-state index contributed by atoms with van der Waals surface area (Å²) in [6.07, 6.45) is -0.0735. The molecule has 0 bridgehead atoms. The van der Waals surface area contributed by atoms with Crippen molar-refractivity contribution in [3.63, 3.8) is 0 Å². The van der Waals surface area contributed by atoms with Crippen LogP contribution in [0.25, 0.3) is 22.0 Å². The molecule has 1 N–H and O–H groups in total. The Morgan fingerprint density at radius 1 is 1.13 bits per heavy atom. The van der Waals surface area contributed by atoms with Crippen molar-refractivity contribution in [1.82, 2.24) is 15.0 Å². The van der Waals surface area contributed by atoms with Gasteiger partial charge in [-0.05, 0) is 43.3 Å². The first kappa shape index (κ1) is 13.5. The van der Waals surface area contributed by atoms with E-state index >= 15 is 0 Å². The number of anilines is 1. The molecular weight excluding hydrogens is 292 g/mol. The van der Waals surface area contributed by atoms with Gasteiger partial charge in [-0.1, -0.05) is 17.3 Å². The van der Waals surface area contributed by atoms with Crippen LogP contribution in [0.5, 0.6) is 0 Å². The van der Waals surface area contributed by atoms with Crippen LogP contribution in [0.15, 0.2) is 63.8 Å². The molecule has 2 aromatic carbocycles. The van der Waals surface area contributed by atoms with E-state index in [2.05, 4.69) is 15.6 Å². The molecule has 0 aliphatic heterocycles. The van der Waals surface area contributed by atoms with E-state index in [-0.39, 0.29) is 11.8 Å². The van der Waals surface area contributed by atoms with Crippen LogP contribution < -0.4 is 10.9 Å². The minimum atomic E-state index is -0.347. The minimum Gasteiger partial charge on any atom is -0.423 e. The van der Waals surface area contributed by atoms with Crippen molar-refractivity contribution in [2.45, 2.75) is 13.1 Å². The van der Waals surface area contributed by atoms with Gasteiger partial charge >= 0.3 is 5.63 Å². The molecule has 0 radical (unpaired) electrons. The fraction of sp³-hybridized carbons (Fsp3) is 0.118. The van der Waals surface area contributed by atoms with Crippen molar-refractivity contribution in [3.8, 4) is 0 Å². The first-order chi connectivity index (χ1) is 11.2. The molecule has 0 saturated heterocycles. The van der Waals surface area contributed by atoms with E-state index in [4.69, 9.17) is 4.42 Å². The van der Waals surface area contributed by atoms with Crippen molar-refractivity contribution in [3.05, 3.63) is 65.0 Å². The van der Waals surface area contributed by atoms with E-state index in [0.29, 0.717) is 5.58 Å². The van der Waals surface area contributed by atoms with Crippen LogP contribution in [0.3, 0.4) is 0 Å². The Morgan fingerprint density at radius 2 is 2.00 bits per heavy atom. The quantitative estimate of drug-likeness (QED) is 0.589. The lowest BCUT2D eigenvalue weighted by Crippen LogP contribution is -2.16. The number of benzene rings is 2. The monoisotopic (exact) mass is 306 g/mol. The predicted octanol–water partition coefficient (Wildman–Crippen LogP) is 3.17. The van der Waals surface area contributed by atoms with Gasteiger partial charge in [-0.15, -0.1) is 5.10 Å². The van der Waals surface area contributed by atoms with Gasteiger partial charge in [0, 0.05) is 17.1 Å². The molecule has 0 spiro atoms. The SMILES string of the molecule is CC(Nc1ccc2oc(=O)ccc2c1)n1nnc2ccccc21.